The van der Waals surface area contributed by atoms with Crippen molar-refractivity contribution in [2.24, 2.45) is 5.92 Å². The maximum absolute atomic E-state index is 13.0. The zero-order chi connectivity index (χ0) is 15.1. The van der Waals surface area contributed by atoms with Crippen LogP contribution in [0.4, 0.5) is 8.78 Å². The number of alkyl halides is 1. The molecule has 0 spiro atoms. The van der Waals surface area contributed by atoms with Crippen LogP contribution in [0.3, 0.4) is 0 Å². The zero-order valence-electron chi connectivity index (χ0n) is 11.4. The predicted molar refractivity (Wildman–Crippen MR) is 77.4 cm³/mol. The molecule has 1 aromatic rings. The lowest BCUT2D eigenvalue weighted by Gasteiger charge is -2.28. The summed E-state index contributed by atoms with van der Waals surface area (Å²) in [7, 11) is 1.58. The number of nitrogens with zero attached hydrogens (tertiary/aromatic N) is 1. The Labute approximate surface area is 129 Å². The Hall–Kier alpha value is -1.43. The number of piperidine rings is 1. The quantitative estimate of drug-likeness (QED) is 0.776. The molecule has 2 fully saturated rings. The third-order valence-electron chi connectivity index (χ3n) is 4.17. The average molecular weight is 358 g/mol. The molecule has 1 heterocycles. The summed E-state index contributed by atoms with van der Waals surface area (Å²) in [6.45, 7) is 0.336. The van der Waals surface area contributed by atoms with Crippen molar-refractivity contribution in [2.45, 2.75) is 23.8 Å². The van der Waals surface area contributed by atoms with E-state index in [1.807, 2.05) is 12.1 Å². The summed E-state index contributed by atoms with van der Waals surface area (Å²) in [5.74, 6) is 0.300. The summed E-state index contributed by atoms with van der Waals surface area (Å²) < 4.78 is 31.1. The van der Waals surface area contributed by atoms with Crippen LogP contribution in [0.1, 0.15) is 12.0 Å². The second kappa shape index (κ2) is 5.40. The maximum atomic E-state index is 13.0. The van der Waals surface area contributed by atoms with E-state index in [1.54, 1.807) is 24.1 Å². The highest BCUT2D eigenvalue weighted by Gasteiger charge is 2.55. The topological polar surface area (TPSA) is 29.5 Å². The van der Waals surface area contributed by atoms with Gasteiger partial charge in [0.05, 0.1) is 23.9 Å². The van der Waals surface area contributed by atoms with Crippen LogP contribution < -0.4 is 4.74 Å². The van der Waals surface area contributed by atoms with Gasteiger partial charge in [-0.1, -0.05) is 28.1 Å². The molecule has 1 aliphatic heterocycles. The van der Waals surface area contributed by atoms with E-state index in [0.717, 1.165) is 11.3 Å². The lowest BCUT2D eigenvalue weighted by molar-refractivity contribution is -0.133. The van der Waals surface area contributed by atoms with E-state index in [2.05, 4.69) is 15.9 Å². The van der Waals surface area contributed by atoms with Gasteiger partial charge in [-0.25, -0.2) is 0 Å². The number of fused-ring (bicyclic) bond motifs is 2. The van der Waals surface area contributed by atoms with E-state index in [4.69, 9.17) is 4.74 Å². The Bertz CT molecular complexity index is 598. The van der Waals surface area contributed by atoms with E-state index in [-0.39, 0.29) is 28.6 Å². The standard InChI is InChI=1S/C15H14BrF2NO2/c1-21-9-4-2-8(3-5-9)7-19-13-11(14(17)18)6-10(12(13)16)15(19)20/h2-5,10,12-13H,6-7H2,1H3/t10-,12+,13+/m0/s1. The number of halogens is 3. The van der Waals surface area contributed by atoms with E-state index >= 15 is 0 Å². The lowest BCUT2D eigenvalue weighted by Crippen LogP contribution is -2.38. The van der Waals surface area contributed by atoms with Crippen molar-refractivity contribution in [2.75, 3.05) is 7.11 Å². The van der Waals surface area contributed by atoms with Crippen LogP contribution >= 0.6 is 15.9 Å². The molecule has 0 N–H and O–H groups in total. The molecule has 0 aromatic heterocycles. The highest BCUT2D eigenvalue weighted by Crippen LogP contribution is 2.48. The van der Waals surface area contributed by atoms with E-state index in [0.29, 0.717) is 6.54 Å². The van der Waals surface area contributed by atoms with Crippen LogP contribution in [0.5, 0.6) is 5.75 Å². The number of benzene rings is 1. The van der Waals surface area contributed by atoms with Crippen LogP contribution in [0, 0.1) is 5.92 Å². The van der Waals surface area contributed by atoms with Gasteiger partial charge in [-0.15, -0.1) is 0 Å². The molecule has 1 aromatic carbocycles. The first kappa shape index (κ1) is 14.5. The Morgan fingerprint density at radius 1 is 1.38 bits per heavy atom. The summed E-state index contributed by atoms with van der Waals surface area (Å²) in [6, 6.07) is 6.75. The molecular weight excluding hydrogens is 344 g/mol. The smallest absolute Gasteiger partial charge is 0.271 e. The highest BCUT2D eigenvalue weighted by atomic mass is 79.9. The molecule has 21 heavy (non-hydrogen) atoms. The van der Waals surface area contributed by atoms with Crippen LogP contribution in [-0.4, -0.2) is 28.8 Å². The van der Waals surface area contributed by atoms with Crippen molar-refractivity contribution in [3.05, 3.63) is 41.5 Å². The van der Waals surface area contributed by atoms with Gasteiger partial charge in [0, 0.05) is 12.1 Å². The Morgan fingerprint density at radius 3 is 2.57 bits per heavy atom. The van der Waals surface area contributed by atoms with E-state index in [9.17, 15) is 13.6 Å². The molecule has 3 nitrogen and oxygen atoms in total. The normalized spacial score (nSPS) is 27.4. The summed E-state index contributed by atoms with van der Waals surface area (Å²) in [6.07, 6.45) is -1.49. The number of methoxy groups -OCH3 is 1. The molecule has 1 amide bonds. The number of carbonyl (C=O) groups excluding carboxylic acids is 1. The van der Waals surface area contributed by atoms with Crippen molar-refractivity contribution in [1.29, 1.82) is 0 Å². The molecule has 1 aliphatic carbocycles. The van der Waals surface area contributed by atoms with Gasteiger partial charge >= 0.3 is 0 Å². The molecule has 1 saturated carbocycles. The molecule has 0 unspecified atom stereocenters. The largest absolute Gasteiger partial charge is 0.497 e. The first-order chi connectivity index (χ1) is 10.0. The van der Waals surface area contributed by atoms with Gasteiger partial charge < -0.3 is 9.64 Å². The zero-order valence-corrected chi connectivity index (χ0v) is 12.9. The average Bonchev–Trinajstić information content (AvgIpc) is 2.92. The minimum atomic E-state index is -1.65. The van der Waals surface area contributed by atoms with Gasteiger partial charge in [0.25, 0.3) is 6.08 Å². The van der Waals surface area contributed by atoms with E-state index < -0.39 is 12.1 Å². The SMILES string of the molecule is COc1ccc(CN2C(=O)[C@H]3CC(=C(F)F)[C@@H]2[C@@H]3Br)cc1. The maximum Gasteiger partial charge on any atom is 0.271 e. The molecule has 0 radical (unpaired) electrons. The fraction of sp³-hybridized carbons (Fsp3) is 0.400. The number of amides is 1. The van der Waals surface area contributed by atoms with Crippen molar-refractivity contribution in [3.63, 3.8) is 0 Å². The molecule has 6 heteroatoms. The van der Waals surface area contributed by atoms with Crippen LogP contribution in [0.25, 0.3) is 0 Å². The van der Waals surface area contributed by atoms with Gasteiger partial charge in [0.15, 0.2) is 0 Å². The minimum absolute atomic E-state index is 0.0531. The molecule has 112 valence electrons. The highest BCUT2D eigenvalue weighted by molar-refractivity contribution is 9.09. The molecule has 1 saturated heterocycles. The summed E-state index contributed by atoms with van der Waals surface area (Å²) in [5, 5.41) is 0. The fourth-order valence-corrected chi connectivity index (χ4v) is 4.13. The fourth-order valence-electron chi connectivity index (χ4n) is 3.11. The van der Waals surface area contributed by atoms with Crippen LogP contribution in [-0.2, 0) is 11.3 Å². The number of likely N-dealkylation sites (tertiary alicyclic amines) is 1. The number of hydrogen-bond donors (Lipinski definition) is 0. The number of carbonyl (C=O) groups is 1. The number of hydrogen-bond acceptors (Lipinski definition) is 2. The third-order valence-corrected chi connectivity index (χ3v) is 5.31. The van der Waals surface area contributed by atoms with Crippen molar-refractivity contribution in [1.82, 2.24) is 4.90 Å². The van der Waals surface area contributed by atoms with Crippen LogP contribution in [0.15, 0.2) is 35.9 Å². The molecule has 3 atom stereocenters. The van der Waals surface area contributed by atoms with Crippen molar-refractivity contribution < 1.29 is 18.3 Å². The van der Waals surface area contributed by atoms with E-state index in [1.165, 1.54) is 0 Å². The summed E-state index contributed by atoms with van der Waals surface area (Å²) in [5.41, 5.74) is 0.991. The third kappa shape index (κ3) is 2.35. The van der Waals surface area contributed by atoms with Crippen molar-refractivity contribution >= 4 is 21.8 Å². The Kier molecular flexibility index (Phi) is 3.73. The molecular formula is C15H14BrF2NO2. The lowest BCUT2D eigenvalue weighted by atomic mass is 10.0. The first-order valence-electron chi connectivity index (χ1n) is 6.64. The molecule has 2 aliphatic rings. The summed E-state index contributed by atoms with van der Waals surface area (Å²) >= 11 is 3.41. The number of ether oxygens (including phenoxy) is 1. The van der Waals surface area contributed by atoms with Gasteiger partial charge in [-0.3, -0.25) is 4.79 Å². The first-order valence-corrected chi connectivity index (χ1v) is 7.56. The van der Waals surface area contributed by atoms with Gasteiger partial charge in [-0.2, -0.15) is 8.78 Å². The predicted octanol–water partition coefficient (Wildman–Crippen LogP) is 3.34. The van der Waals surface area contributed by atoms with Gasteiger partial charge in [0.2, 0.25) is 5.91 Å². The molecule has 2 bridgehead atoms. The number of rotatable bonds is 3. The monoisotopic (exact) mass is 357 g/mol. The van der Waals surface area contributed by atoms with Crippen LogP contribution in [0.2, 0.25) is 0 Å². The second-order valence-corrected chi connectivity index (χ2v) is 6.36. The second-order valence-electron chi connectivity index (χ2n) is 5.30. The summed E-state index contributed by atoms with van der Waals surface area (Å²) in [4.78, 5) is 13.6. The minimum Gasteiger partial charge on any atom is -0.497 e. The van der Waals surface area contributed by atoms with Crippen molar-refractivity contribution in [3.8, 4) is 5.75 Å². The van der Waals surface area contributed by atoms with Gasteiger partial charge in [0.1, 0.15) is 5.75 Å². The molecule has 3 rings (SSSR count). The van der Waals surface area contributed by atoms with Gasteiger partial charge in [-0.05, 0) is 24.1 Å². The Morgan fingerprint density at radius 2 is 2.05 bits per heavy atom. The Balaban J connectivity index is 1.84.